The predicted octanol–water partition coefficient (Wildman–Crippen LogP) is 1.69. The summed E-state index contributed by atoms with van der Waals surface area (Å²) in [6, 6.07) is 4.95. The van der Waals surface area contributed by atoms with Crippen LogP contribution in [0.2, 0.25) is 0 Å². The van der Waals surface area contributed by atoms with Gasteiger partial charge in [0.2, 0.25) is 15.9 Å². The summed E-state index contributed by atoms with van der Waals surface area (Å²) in [5, 5.41) is 0. The first-order chi connectivity index (χ1) is 11.5. The summed E-state index contributed by atoms with van der Waals surface area (Å²) in [5.74, 6) is 0.705. The second-order valence-electron chi connectivity index (χ2n) is 6.48. The Morgan fingerprint density at radius 2 is 2.17 bits per heavy atom. The van der Waals surface area contributed by atoms with Crippen molar-refractivity contribution in [3.63, 3.8) is 0 Å². The topological polar surface area (TPSA) is 75.7 Å². The molecule has 2 aliphatic rings. The van der Waals surface area contributed by atoms with Crippen molar-refractivity contribution >= 4 is 21.6 Å². The molecule has 0 bridgehead atoms. The number of hydrogen-bond donors (Lipinski definition) is 1. The van der Waals surface area contributed by atoms with Gasteiger partial charge in [-0.25, -0.2) is 13.1 Å². The van der Waals surface area contributed by atoms with Crippen molar-refractivity contribution in [1.29, 1.82) is 0 Å². The van der Waals surface area contributed by atoms with Crippen molar-refractivity contribution in [2.45, 2.75) is 37.5 Å². The highest BCUT2D eigenvalue weighted by atomic mass is 32.2. The van der Waals surface area contributed by atoms with Crippen molar-refractivity contribution in [2.24, 2.45) is 5.92 Å². The van der Waals surface area contributed by atoms with E-state index in [1.54, 1.807) is 23.1 Å². The molecule has 1 aliphatic heterocycles. The van der Waals surface area contributed by atoms with Gasteiger partial charge in [-0.2, -0.15) is 0 Å². The van der Waals surface area contributed by atoms with Gasteiger partial charge in [0, 0.05) is 38.9 Å². The van der Waals surface area contributed by atoms with E-state index in [4.69, 9.17) is 4.74 Å². The van der Waals surface area contributed by atoms with Gasteiger partial charge in [0.05, 0.1) is 4.90 Å². The highest BCUT2D eigenvalue weighted by Gasteiger charge is 2.24. The largest absolute Gasteiger partial charge is 0.381 e. The number of nitrogens with zero attached hydrogens (tertiary/aromatic N) is 1. The van der Waals surface area contributed by atoms with Crippen molar-refractivity contribution in [2.75, 3.05) is 31.2 Å². The summed E-state index contributed by atoms with van der Waals surface area (Å²) in [6.45, 7) is 3.87. The molecule has 1 saturated carbocycles. The molecule has 6 nitrogen and oxygen atoms in total. The first-order valence-electron chi connectivity index (χ1n) is 8.46. The number of anilines is 1. The van der Waals surface area contributed by atoms with Gasteiger partial charge in [0.1, 0.15) is 0 Å². The normalized spacial score (nSPS) is 17.1. The molecule has 1 heterocycles. The molecule has 1 fully saturated rings. The number of carbonyl (C=O) groups excluding carboxylic acids is 1. The molecule has 0 radical (unpaired) electrons. The highest BCUT2D eigenvalue weighted by molar-refractivity contribution is 7.89. The van der Waals surface area contributed by atoms with Crippen molar-refractivity contribution in [3.05, 3.63) is 23.8 Å². The summed E-state index contributed by atoms with van der Waals surface area (Å²) >= 11 is 0. The Hall–Kier alpha value is -1.44. The van der Waals surface area contributed by atoms with Crippen LogP contribution in [0.5, 0.6) is 0 Å². The van der Waals surface area contributed by atoms with Crippen LogP contribution in [0.1, 0.15) is 31.7 Å². The fraction of sp³-hybridized carbons (Fsp3) is 0.588. The number of amides is 1. The van der Waals surface area contributed by atoms with Gasteiger partial charge < -0.3 is 9.64 Å². The molecule has 0 atom stereocenters. The van der Waals surface area contributed by atoms with Crippen molar-refractivity contribution in [1.82, 2.24) is 4.72 Å². The molecule has 0 spiro atoms. The van der Waals surface area contributed by atoms with Crippen molar-refractivity contribution in [3.8, 4) is 0 Å². The molecule has 1 aliphatic carbocycles. The lowest BCUT2D eigenvalue weighted by Gasteiger charge is -2.15. The third-order valence-electron chi connectivity index (χ3n) is 4.44. The maximum absolute atomic E-state index is 12.4. The fourth-order valence-corrected chi connectivity index (χ4v) is 4.00. The van der Waals surface area contributed by atoms with E-state index >= 15 is 0 Å². The van der Waals surface area contributed by atoms with E-state index in [2.05, 4.69) is 4.72 Å². The third kappa shape index (κ3) is 4.15. The van der Waals surface area contributed by atoms with E-state index in [-0.39, 0.29) is 10.8 Å². The number of sulfonamides is 1. The Morgan fingerprint density at radius 1 is 1.38 bits per heavy atom. The van der Waals surface area contributed by atoms with Crippen LogP contribution in [0.25, 0.3) is 0 Å². The van der Waals surface area contributed by atoms with E-state index < -0.39 is 10.0 Å². The second kappa shape index (κ2) is 7.21. The first-order valence-corrected chi connectivity index (χ1v) is 9.94. The molecule has 0 unspecified atom stereocenters. The molecule has 3 rings (SSSR count). The SMILES string of the molecule is CC(=O)N1CCc2cc(S(=O)(=O)NCCCOCC3CC3)ccc21. The lowest BCUT2D eigenvalue weighted by molar-refractivity contribution is -0.116. The van der Waals surface area contributed by atoms with Gasteiger partial charge in [-0.3, -0.25) is 4.79 Å². The Labute approximate surface area is 143 Å². The molecule has 1 amide bonds. The second-order valence-corrected chi connectivity index (χ2v) is 8.25. The molecule has 1 N–H and O–H groups in total. The van der Waals surface area contributed by atoms with Crippen LogP contribution >= 0.6 is 0 Å². The molecule has 1 aromatic carbocycles. The van der Waals surface area contributed by atoms with Gasteiger partial charge in [-0.15, -0.1) is 0 Å². The number of fused-ring (bicyclic) bond motifs is 1. The maximum atomic E-state index is 12.4. The number of benzene rings is 1. The van der Waals surface area contributed by atoms with Gasteiger partial charge in [-0.1, -0.05) is 0 Å². The van der Waals surface area contributed by atoms with E-state index in [1.165, 1.54) is 19.8 Å². The quantitative estimate of drug-likeness (QED) is 0.723. The molecule has 24 heavy (non-hydrogen) atoms. The van der Waals surface area contributed by atoms with Crippen LogP contribution in [-0.4, -0.2) is 40.6 Å². The number of carbonyl (C=O) groups is 1. The minimum atomic E-state index is -3.52. The Balaban J connectivity index is 1.53. The lowest BCUT2D eigenvalue weighted by Crippen LogP contribution is -2.26. The monoisotopic (exact) mass is 352 g/mol. The summed E-state index contributed by atoms with van der Waals surface area (Å²) in [4.78, 5) is 13.5. The van der Waals surface area contributed by atoms with Crippen LogP contribution in [0.4, 0.5) is 5.69 Å². The molecule has 7 heteroatoms. The summed E-state index contributed by atoms with van der Waals surface area (Å²) < 4.78 is 32.8. The Morgan fingerprint density at radius 3 is 2.88 bits per heavy atom. The third-order valence-corrected chi connectivity index (χ3v) is 5.90. The highest BCUT2D eigenvalue weighted by Crippen LogP contribution is 2.30. The molecular weight excluding hydrogens is 328 g/mol. The van der Waals surface area contributed by atoms with Crippen LogP contribution in [-0.2, 0) is 26.0 Å². The molecule has 0 saturated heterocycles. The molecule has 1 aromatic rings. The molecule has 0 aromatic heterocycles. The predicted molar refractivity (Wildman–Crippen MR) is 91.5 cm³/mol. The smallest absolute Gasteiger partial charge is 0.240 e. The minimum absolute atomic E-state index is 0.0197. The number of rotatable bonds is 8. The summed E-state index contributed by atoms with van der Waals surface area (Å²) in [6.07, 6.45) is 3.86. The average Bonchev–Trinajstić information content (AvgIpc) is 3.26. The van der Waals surface area contributed by atoms with Gasteiger partial charge >= 0.3 is 0 Å². The molecular formula is C17H24N2O4S. The van der Waals surface area contributed by atoms with Crippen LogP contribution in [0, 0.1) is 5.92 Å². The Kier molecular flexibility index (Phi) is 5.22. The fourth-order valence-electron chi connectivity index (χ4n) is 2.87. The van der Waals surface area contributed by atoms with Crippen LogP contribution < -0.4 is 9.62 Å². The molecule has 132 valence electrons. The Bertz CT molecular complexity index is 713. The first kappa shape index (κ1) is 17.4. The van der Waals surface area contributed by atoms with E-state index in [0.717, 1.165) is 23.8 Å². The summed E-state index contributed by atoms with van der Waals surface area (Å²) in [5.41, 5.74) is 1.72. The zero-order chi connectivity index (χ0) is 17.2. The zero-order valence-electron chi connectivity index (χ0n) is 14.0. The van der Waals surface area contributed by atoms with Crippen molar-refractivity contribution < 1.29 is 17.9 Å². The van der Waals surface area contributed by atoms with Gasteiger partial charge in [0.25, 0.3) is 0 Å². The zero-order valence-corrected chi connectivity index (χ0v) is 14.8. The maximum Gasteiger partial charge on any atom is 0.240 e. The van der Waals surface area contributed by atoms with E-state index in [9.17, 15) is 13.2 Å². The van der Waals surface area contributed by atoms with Gasteiger partial charge in [-0.05, 0) is 55.4 Å². The van der Waals surface area contributed by atoms with E-state index in [1.807, 2.05) is 0 Å². The summed E-state index contributed by atoms with van der Waals surface area (Å²) in [7, 11) is -3.52. The average molecular weight is 352 g/mol. The van der Waals surface area contributed by atoms with Gasteiger partial charge in [0.15, 0.2) is 0 Å². The van der Waals surface area contributed by atoms with Crippen LogP contribution in [0.15, 0.2) is 23.1 Å². The lowest BCUT2D eigenvalue weighted by atomic mass is 10.2. The minimum Gasteiger partial charge on any atom is -0.381 e. The number of nitrogens with one attached hydrogen (secondary N) is 1. The van der Waals surface area contributed by atoms with Crippen LogP contribution in [0.3, 0.4) is 0 Å². The van der Waals surface area contributed by atoms with E-state index in [0.29, 0.717) is 32.5 Å². The number of hydrogen-bond acceptors (Lipinski definition) is 4. The number of ether oxygens (including phenoxy) is 1. The standard InChI is InChI=1S/C17H24N2O4S/c1-13(20)19-9-7-15-11-16(5-6-17(15)19)24(21,22)18-8-2-10-23-12-14-3-4-14/h5-6,11,14,18H,2-4,7-10,12H2,1H3.